The molecule has 172 valence electrons. The minimum Gasteiger partial charge on any atom is -0.494 e. The van der Waals surface area contributed by atoms with Gasteiger partial charge in [-0.3, -0.25) is 9.59 Å². The quantitative estimate of drug-likeness (QED) is 0.476. The lowest BCUT2D eigenvalue weighted by atomic mass is 9.95. The first kappa shape index (κ1) is 23.9. The van der Waals surface area contributed by atoms with Crippen LogP contribution in [0.15, 0.2) is 60.7 Å². The Morgan fingerprint density at radius 1 is 1.09 bits per heavy atom. The first-order chi connectivity index (χ1) is 15.6. The molecule has 2 aromatic carbocycles. The van der Waals surface area contributed by atoms with Crippen LogP contribution in [0.25, 0.3) is 11.3 Å². The summed E-state index contributed by atoms with van der Waals surface area (Å²) in [5, 5.41) is 22.5. The molecule has 1 amide bonds. The van der Waals surface area contributed by atoms with E-state index in [9.17, 15) is 19.8 Å². The van der Waals surface area contributed by atoms with Crippen LogP contribution in [0.4, 0.5) is 0 Å². The van der Waals surface area contributed by atoms with Crippen molar-refractivity contribution in [3.63, 3.8) is 0 Å². The number of ether oxygens (including phenoxy) is 1. The largest absolute Gasteiger partial charge is 0.494 e. The number of carboxylic acids is 1. The van der Waals surface area contributed by atoms with Gasteiger partial charge in [0.05, 0.1) is 25.2 Å². The summed E-state index contributed by atoms with van der Waals surface area (Å²) in [4.78, 5) is 29.0. The number of benzene rings is 2. The Hall–Kier alpha value is -3.71. The normalized spacial score (nSPS) is 12.2. The van der Waals surface area contributed by atoms with E-state index in [0.717, 1.165) is 11.1 Å². The summed E-state index contributed by atoms with van der Waals surface area (Å²) in [6, 6.07) is 17.1. The predicted octanol–water partition coefficient (Wildman–Crippen LogP) is 4.24. The monoisotopic (exact) mass is 448 g/mol. The van der Waals surface area contributed by atoms with Crippen LogP contribution in [0.5, 0.6) is 5.75 Å². The number of carbonyl (C=O) groups is 2. The molecule has 7 heteroatoms. The maximum Gasteiger partial charge on any atom is 0.305 e. The second-order valence-corrected chi connectivity index (χ2v) is 8.37. The molecule has 1 aromatic heterocycles. The third kappa shape index (κ3) is 5.75. The molecule has 0 aliphatic heterocycles. The van der Waals surface area contributed by atoms with Gasteiger partial charge in [-0.05, 0) is 55.7 Å². The lowest BCUT2D eigenvalue weighted by Gasteiger charge is -2.20. The molecule has 0 spiro atoms. The van der Waals surface area contributed by atoms with E-state index in [1.54, 1.807) is 38.1 Å². The molecule has 3 N–H and O–H groups in total. The average molecular weight is 449 g/mol. The third-order valence-corrected chi connectivity index (χ3v) is 5.40. The Balaban J connectivity index is 1.97. The van der Waals surface area contributed by atoms with Crippen LogP contribution in [-0.2, 0) is 10.4 Å². The number of hydrogen-bond donors (Lipinski definition) is 3. The zero-order valence-corrected chi connectivity index (χ0v) is 19.1. The Kier molecular flexibility index (Phi) is 7.13. The van der Waals surface area contributed by atoms with Gasteiger partial charge in [-0.25, -0.2) is 4.98 Å². The van der Waals surface area contributed by atoms with Crippen molar-refractivity contribution in [3.05, 3.63) is 83.0 Å². The van der Waals surface area contributed by atoms with Crippen LogP contribution in [-0.4, -0.2) is 34.2 Å². The Morgan fingerprint density at radius 3 is 2.45 bits per heavy atom. The molecular formula is C26H28N2O5. The summed E-state index contributed by atoms with van der Waals surface area (Å²) in [5.74, 6) is -1.04. The molecule has 0 radical (unpaired) electrons. The highest BCUT2D eigenvalue weighted by Crippen LogP contribution is 2.31. The molecule has 7 nitrogen and oxygen atoms in total. The molecule has 0 aliphatic rings. The number of nitrogens with one attached hydrogen (secondary N) is 1. The van der Waals surface area contributed by atoms with Crippen molar-refractivity contribution in [1.29, 1.82) is 0 Å². The van der Waals surface area contributed by atoms with E-state index < -0.39 is 23.5 Å². The lowest BCUT2D eigenvalue weighted by Crippen LogP contribution is -2.31. The number of methoxy groups -OCH3 is 1. The Morgan fingerprint density at radius 2 is 1.82 bits per heavy atom. The first-order valence-corrected chi connectivity index (χ1v) is 10.6. The predicted molar refractivity (Wildman–Crippen MR) is 125 cm³/mol. The standard InChI is InChI=1S/C26H28N2O5/c1-16-8-5-6-11-19(16)21(15-23(29)30)28-25(31)20-12-13-22(33-4)24(27-20)17-9-7-10-18(14-17)26(2,3)32/h5-14,21,32H,15H2,1-4H3,(H,28,31)(H,29,30)/t21-/m0/s1. The Bertz CT molecular complexity index is 1170. The molecule has 3 rings (SSSR count). The fraction of sp³-hybridized carbons (Fsp3) is 0.269. The van der Waals surface area contributed by atoms with Crippen molar-refractivity contribution in [1.82, 2.24) is 10.3 Å². The van der Waals surface area contributed by atoms with Crippen LogP contribution in [0, 0.1) is 6.92 Å². The maximum atomic E-state index is 13.1. The SMILES string of the molecule is COc1ccc(C(=O)N[C@@H](CC(=O)O)c2ccccc2C)nc1-c1cccc(C(C)(C)O)c1. The number of pyridine rings is 1. The van der Waals surface area contributed by atoms with E-state index in [1.165, 1.54) is 13.2 Å². The zero-order chi connectivity index (χ0) is 24.2. The van der Waals surface area contributed by atoms with Gasteiger partial charge >= 0.3 is 5.97 Å². The number of rotatable bonds is 8. The summed E-state index contributed by atoms with van der Waals surface area (Å²) in [7, 11) is 1.52. The van der Waals surface area contributed by atoms with E-state index in [0.29, 0.717) is 22.6 Å². The molecule has 1 heterocycles. The van der Waals surface area contributed by atoms with E-state index in [2.05, 4.69) is 10.3 Å². The molecule has 3 aromatic rings. The summed E-state index contributed by atoms with van der Waals surface area (Å²) in [5.41, 5.74) is 2.53. The van der Waals surface area contributed by atoms with Gasteiger partial charge in [0.1, 0.15) is 17.1 Å². The van der Waals surface area contributed by atoms with Crippen LogP contribution in [0.2, 0.25) is 0 Å². The molecule has 0 saturated carbocycles. The van der Waals surface area contributed by atoms with Crippen LogP contribution in [0.1, 0.15) is 53.5 Å². The number of aliphatic carboxylic acids is 1. The number of hydrogen-bond acceptors (Lipinski definition) is 5. The van der Waals surface area contributed by atoms with Gasteiger partial charge in [0.15, 0.2) is 0 Å². The van der Waals surface area contributed by atoms with E-state index in [4.69, 9.17) is 4.74 Å². The Labute approximate surface area is 193 Å². The topological polar surface area (TPSA) is 109 Å². The van der Waals surface area contributed by atoms with Gasteiger partial charge in [-0.2, -0.15) is 0 Å². The highest BCUT2D eigenvalue weighted by atomic mass is 16.5. The van der Waals surface area contributed by atoms with Crippen LogP contribution >= 0.6 is 0 Å². The summed E-state index contributed by atoms with van der Waals surface area (Å²) in [6.45, 7) is 5.25. The van der Waals surface area contributed by atoms with Gasteiger partial charge in [0, 0.05) is 5.56 Å². The smallest absolute Gasteiger partial charge is 0.305 e. The zero-order valence-electron chi connectivity index (χ0n) is 19.1. The minimum absolute atomic E-state index is 0.128. The number of nitrogens with zero attached hydrogens (tertiary/aromatic N) is 1. The molecular weight excluding hydrogens is 420 g/mol. The number of carbonyl (C=O) groups excluding carboxylic acids is 1. The molecule has 0 unspecified atom stereocenters. The lowest BCUT2D eigenvalue weighted by molar-refractivity contribution is -0.137. The van der Waals surface area contributed by atoms with Crippen LogP contribution < -0.4 is 10.1 Å². The van der Waals surface area contributed by atoms with Gasteiger partial charge in [-0.1, -0.05) is 42.5 Å². The van der Waals surface area contributed by atoms with Gasteiger partial charge in [0.25, 0.3) is 5.91 Å². The summed E-state index contributed by atoms with van der Waals surface area (Å²) in [6.07, 6.45) is -0.257. The van der Waals surface area contributed by atoms with Crippen molar-refractivity contribution in [2.45, 2.75) is 38.8 Å². The van der Waals surface area contributed by atoms with Crippen molar-refractivity contribution in [3.8, 4) is 17.0 Å². The third-order valence-electron chi connectivity index (χ3n) is 5.40. The minimum atomic E-state index is -1.05. The number of aliphatic hydroxyl groups is 1. The average Bonchev–Trinajstić information content (AvgIpc) is 2.77. The van der Waals surface area contributed by atoms with Crippen molar-refractivity contribution in [2.24, 2.45) is 0 Å². The second kappa shape index (κ2) is 9.83. The number of carboxylic acid groups (broad SMARTS) is 1. The fourth-order valence-corrected chi connectivity index (χ4v) is 3.61. The summed E-state index contributed by atoms with van der Waals surface area (Å²) < 4.78 is 5.44. The number of aromatic nitrogens is 1. The van der Waals surface area contributed by atoms with Gasteiger partial charge in [-0.15, -0.1) is 0 Å². The first-order valence-electron chi connectivity index (χ1n) is 10.6. The fourth-order valence-electron chi connectivity index (χ4n) is 3.61. The number of amides is 1. The van der Waals surface area contributed by atoms with Gasteiger partial charge in [0.2, 0.25) is 0 Å². The molecule has 33 heavy (non-hydrogen) atoms. The highest BCUT2D eigenvalue weighted by Gasteiger charge is 2.23. The molecule has 0 saturated heterocycles. The maximum absolute atomic E-state index is 13.1. The summed E-state index contributed by atoms with van der Waals surface area (Å²) >= 11 is 0. The van der Waals surface area contributed by atoms with E-state index in [1.807, 2.05) is 37.3 Å². The van der Waals surface area contributed by atoms with Crippen molar-refractivity contribution >= 4 is 11.9 Å². The molecule has 0 aliphatic carbocycles. The highest BCUT2D eigenvalue weighted by molar-refractivity contribution is 5.93. The molecule has 0 fully saturated rings. The van der Waals surface area contributed by atoms with E-state index in [-0.39, 0.29) is 12.1 Å². The van der Waals surface area contributed by atoms with Crippen molar-refractivity contribution < 1.29 is 24.5 Å². The molecule has 0 bridgehead atoms. The molecule has 1 atom stereocenters. The second-order valence-electron chi connectivity index (χ2n) is 8.37. The number of aryl methyl sites for hydroxylation is 1. The van der Waals surface area contributed by atoms with E-state index >= 15 is 0 Å². The van der Waals surface area contributed by atoms with Crippen LogP contribution in [0.3, 0.4) is 0 Å². The van der Waals surface area contributed by atoms with Crippen molar-refractivity contribution in [2.75, 3.05) is 7.11 Å². The van der Waals surface area contributed by atoms with Gasteiger partial charge < -0.3 is 20.3 Å².